The summed E-state index contributed by atoms with van der Waals surface area (Å²) in [5, 5.41) is 8.25. The summed E-state index contributed by atoms with van der Waals surface area (Å²) in [4.78, 5) is 21.7. The van der Waals surface area contributed by atoms with E-state index in [1.54, 1.807) is 0 Å². The van der Waals surface area contributed by atoms with Gasteiger partial charge in [0.15, 0.2) is 5.82 Å². The van der Waals surface area contributed by atoms with Gasteiger partial charge in [-0.05, 0) is 42.5 Å². The molecule has 1 aromatic carbocycles. The number of para-hydroxylation sites is 1. The van der Waals surface area contributed by atoms with Gasteiger partial charge in [-0.1, -0.05) is 18.2 Å². The Morgan fingerprint density at radius 3 is 2.75 bits per heavy atom. The number of hydrogen-bond acceptors (Lipinski definition) is 8. The standard InChI is InChI=1S/C28H29N7O/c1-2-4-24-20(3-1)22(8-14-36-24)32-25-15-19(7-9-31-25)27-33-23-17-30-16-21(18-5-6-18)26(23)28(34-27)35-12-10-29-11-13-35/h1-4,7,9,15-18,22,29H,5-6,8,10-14H2,(H,31,32). The van der Waals surface area contributed by atoms with Crippen LogP contribution in [0.5, 0.6) is 5.75 Å². The van der Waals surface area contributed by atoms with Crippen LogP contribution < -0.4 is 20.3 Å². The summed E-state index contributed by atoms with van der Waals surface area (Å²) >= 11 is 0. The van der Waals surface area contributed by atoms with E-state index in [9.17, 15) is 0 Å². The first kappa shape index (κ1) is 21.5. The molecule has 182 valence electrons. The van der Waals surface area contributed by atoms with Gasteiger partial charge in [0.05, 0.1) is 24.4 Å². The summed E-state index contributed by atoms with van der Waals surface area (Å²) in [7, 11) is 0. The van der Waals surface area contributed by atoms with Gasteiger partial charge >= 0.3 is 0 Å². The fraction of sp³-hybridized carbons (Fsp3) is 0.357. The fourth-order valence-electron chi connectivity index (χ4n) is 5.35. The Bertz CT molecular complexity index is 1410. The van der Waals surface area contributed by atoms with E-state index < -0.39 is 0 Å². The highest BCUT2D eigenvalue weighted by Crippen LogP contribution is 2.45. The largest absolute Gasteiger partial charge is 0.493 e. The van der Waals surface area contributed by atoms with E-state index in [2.05, 4.69) is 43.7 Å². The lowest BCUT2D eigenvalue weighted by Gasteiger charge is -2.30. The molecule has 8 heteroatoms. The van der Waals surface area contributed by atoms with Crippen LogP contribution in [0.4, 0.5) is 11.6 Å². The van der Waals surface area contributed by atoms with Crippen LogP contribution in [-0.2, 0) is 0 Å². The Balaban J connectivity index is 1.27. The molecular formula is C28H29N7O. The molecule has 0 bridgehead atoms. The van der Waals surface area contributed by atoms with Crippen LogP contribution in [0.1, 0.15) is 42.3 Å². The van der Waals surface area contributed by atoms with E-state index >= 15 is 0 Å². The third kappa shape index (κ3) is 4.01. The molecule has 3 aromatic heterocycles. The third-order valence-corrected chi connectivity index (χ3v) is 7.35. The minimum absolute atomic E-state index is 0.150. The second-order valence-corrected chi connectivity index (χ2v) is 9.81. The van der Waals surface area contributed by atoms with Crippen LogP contribution in [0.25, 0.3) is 22.3 Å². The van der Waals surface area contributed by atoms with Crippen molar-refractivity contribution in [1.29, 1.82) is 0 Å². The van der Waals surface area contributed by atoms with E-state index in [1.807, 2.05) is 36.8 Å². The second kappa shape index (κ2) is 9.02. The van der Waals surface area contributed by atoms with Crippen molar-refractivity contribution in [3.05, 3.63) is 66.1 Å². The highest BCUT2D eigenvalue weighted by atomic mass is 16.5. The molecule has 1 saturated heterocycles. The van der Waals surface area contributed by atoms with Gasteiger partial charge in [-0.2, -0.15) is 0 Å². The van der Waals surface area contributed by atoms with Crippen LogP contribution in [-0.4, -0.2) is 52.7 Å². The molecule has 4 aromatic rings. The maximum atomic E-state index is 5.83. The van der Waals surface area contributed by atoms with Crippen molar-refractivity contribution >= 4 is 22.5 Å². The molecule has 2 aliphatic heterocycles. The van der Waals surface area contributed by atoms with Crippen LogP contribution in [0, 0.1) is 0 Å². The van der Waals surface area contributed by atoms with Gasteiger partial charge in [0, 0.05) is 61.5 Å². The molecule has 8 nitrogen and oxygen atoms in total. The smallest absolute Gasteiger partial charge is 0.162 e. The minimum atomic E-state index is 0.150. The Kier molecular flexibility index (Phi) is 5.39. The lowest BCUT2D eigenvalue weighted by molar-refractivity contribution is 0.274. The zero-order valence-electron chi connectivity index (χ0n) is 20.2. The summed E-state index contributed by atoms with van der Waals surface area (Å²) in [6, 6.07) is 12.4. The van der Waals surface area contributed by atoms with Crippen molar-refractivity contribution in [2.45, 2.75) is 31.2 Å². The molecule has 0 amide bonds. The predicted octanol–water partition coefficient (Wildman–Crippen LogP) is 4.31. The van der Waals surface area contributed by atoms with Crippen molar-refractivity contribution in [1.82, 2.24) is 25.3 Å². The fourth-order valence-corrected chi connectivity index (χ4v) is 5.35. The summed E-state index contributed by atoms with van der Waals surface area (Å²) in [5.41, 5.74) is 4.32. The average Bonchev–Trinajstić information content (AvgIpc) is 3.79. The minimum Gasteiger partial charge on any atom is -0.493 e. The predicted molar refractivity (Wildman–Crippen MR) is 141 cm³/mol. The van der Waals surface area contributed by atoms with Crippen molar-refractivity contribution in [3.8, 4) is 17.1 Å². The number of rotatable bonds is 5. The van der Waals surface area contributed by atoms with E-state index in [0.717, 1.165) is 66.6 Å². The highest BCUT2D eigenvalue weighted by molar-refractivity contribution is 5.94. The van der Waals surface area contributed by atoms with E-state index in [1.165, 1.54) is 23.8 Å². The Morgan fingerprint density at radius 1 is 0.972 bits per heavy atom. The highest BCUT2D eigenvalue weighted by Gasteiger charge is 2.29. The molecule has 2 fully saturated rings. The molecule has 1 saturated carbocycles. The van der Waals surface area contributed by atoms with Gasteiger partial charge in [-0.25, -0.2) is 15.0 Å². The molecule has 5 heterocycles. The molecule has 36 heavy (non-hydrogen) atoms. The van der Waals surface area contributed by atoms with Gasteiger partial charge in [0.25, 0.3) is 0 Å². The number of benzene rings is 1. The Labute approximate surface area is 210 Å². The summed E-state index contributed by atoms with van der Waals surface area (Å²) in [6.07, 6.45) is 9.07. The van der Waals surface area contributed by atoms with Crippen molar-refractivity contribution in [2.75, 3.05) is 43.0 Å². The lowest BCUT2D eigenvalue weighted by Crippen LogP contribution is -2.44. The van der Waals surface area contributed by atoms with Crippen molar-refractivity contribution < 1.29 is 4.74 Å². The zero-order chi connectivity index (χ0) is 23.9. The van der Waals surface area contributed by atoms with Crippen LogP contribution in [0.3, 0.4) is 0 Å². The number of nitrogens with one attached hydrogen (secondary N) is 2. The van der Waals surface area contributed by atoms with Gasteiger partial charge in [-0.3, -0.25) is 4.98 Å². The number of nitrogens with zero attached hydrogens (tertiary/aromatic N) is 5. The first-order valence-corrected chi connectivity index (χ1v) is 12.9. The number of ether oxygens (including phenoxy) is 1. The van der Waals surface area contributed by atoms with E-state index in [4.69, 9.17) is 14.7 Å². The maximum Gasteiger partial charge on any atom is 0.162 e. The summed E-state index contributed by atoms with van der Waals surface area (Å²) in [6.45, 7) is 4.47. The summed E-state index contributed by atoms with van der Waals surface area (Å²) in [5.74, 6) is 4.08. The number of aromatic nitrogens is 4. The Hall–Kier alpha value is -3.78. The molecule has 1 unspecified atom stereocenters. The topological polar surface area (TPSA) is 88.1 Å². The molecule has 2 N–H and O–H groups in total. The summed E-state index contributed by atoms with van der Waals surface area (Å²) < 4.78 is 5.83. The SMILES string of the molecule is c1ccc2c(c1)OCCC2Nc1cc(-c2nc(N3CCNCC3)c3c(C4CC4)cncc3n2)ccn1. The monoisotopic (exact) mass is 479 g/mol. The number of pyridine rings is 2. The van der Waals surface area contributed by atoms with Crippen LogP contribution >= 0.6 is 0 Å². The number of anilines is 2. The van der Waals surface area contributed by atoms with Gasteiger partial charge < -0.3 is 20.3 Å². The van der Waals surface area contributed by atoms with Gasteiger partial charge in [0.2, 0.25) is 0 Å². The molecule has 7 rings (SSSR count). The lowest BCUT2D eigenvalue weighted by atomic mass is 10.0. The second-order valence-electron chi connectivity index (χ2n) is 9.81. The van der Waals surface area contributed by atoms with E-state index in [0.29, 0.717) is 18.3 Å². The Morgan fingerprint density at radius 2 is 1.86 bits per heavy atom. The normalized spacial score (nSPS) is 19.6. The number of fused-ring (bicyclic) bond motifs is 2. The van der Waals surface area contributed by atoms with Crippen LogP contribution in [0.15, 0.2) is 55.0 Å². The first-order chi connectivity index (χ1) is 17.8. The molecule has 0 radical (unpaired) electrons. The van der Waals surface area contributed by atoms with Gasteiger partial charge in [-0.15, -0.1) is 0 Å². The first-order valence-electron chi connectivity index (χ1n) is 12.9. The van der Waals surface area contributed by atoms with Crippen molar-refractivity contribution in [3.63, 3.8) is 0 Å². The average molecular weight is 480 g/mol. The zero-order valence-corrected chi connectivity index (χ0v) is 20.2. The van der Waals surface area contributed by atoms with Gasteiger partial charge in [0.1, 0.15) is 17.4 Å². The molecule has 1 atom stereocenters. The molecule has 1 aliphatic carbocycles. The van der Waals surface area contributed by atoms with Crippen molar-refractivity contribution in [2.24, 2.45) is 0 Å². The maximum absolute atomic E-state index is 5.83. The molecular weight excluding hydrogens is 450 g/mol. The molecule has 3 aliphatic rings. The number of hydrogen-bond donors (Lipinski definition) is 2. The third-order valence-electron chi connectivity index (χ3n) is 7.35. The van der Waals surface area contributed by atoms with Crippen LogP contribution in [0.2, 0.25) is 0 Å². The number of piperazine rings is 1. The van der Waals surface area contributed by atoms with E-state index in [-0.39, 0.29) is 6.04 Å². The molecule has 0 spiro atoms. The quantitative estimate of drug-likeness (QED) is 0.438.